The summed E-state index contributed by atoms with van der Waals surface area (Å²) in [6.45, 7) is 1.98. The fourth-order valence-electron chi connectivity index (χ4n) is 1.97. The van der Waals surface area contributed by atoms with E-state index < -0.39 is 0 Å². The zero-order chi connectivity index (χ0) is 13.4. The molecule has 0 amide bonds. The van der Waals surface area contributed by atoms with Crippen molar-refractivity contribution in [3.8, 4) is 11.5 Å². The topological polar surface area (TPSA) is 63.9 Å². The van der Waals surface area contributed by atoms with Gasteiger partial charge >= 0.3 is 0 Å². The van der Waals surface area contributed by atoms with Gasteiger partial charge in [-0.05, 0) is 37.3 Å². The van der Waals surface area contributed by atoms with Crippen molar-refractivity contribution in [2.45, 2.75) is 6.92 Å². The number of ether oxygens (including phenoxy) is 1. The Balaban J connectivity index is 2.03. The molecule has 1 aromatic heterocycles. The van der Waals surface area contributed by atoms with Gasteiger partial charge in [-0.2, -0.15) is 5.10 Å². The van der Waals surface area contributed by atoms with Crippen molar-refractivity contribution in [2.75, 3.05) is 5.73 Å². The fraction of sp³-hybridized carbons (Fsp3) is 0.0714. The molecule has 2 aromatic carbocycles. The monoisotopic (exact) mass is 273 g/mol. The van der Waals surface area contributed by atoms with Gasteiger partial charge < -0.3 is 10.5 Å². The number of nitrogens with two attached hydrogens (primary N) is 1. The molecular weight excluding hydrogens is 262 g/mol. The molecule has 0 radical (unpaired) electrons. The molecule has 1 heterocycles. The molecule has 3 N–H and O–H groups in total. The molecule has 0 bridgehead atoms. The number of nitrogens with one attached hydrogen (secondary N) is 1. The van der Waals surface area contributed by atoms with Crippen LogP contribution in [0.2, 0.25) is 5.02 Å². The number of benzene rings is 2. The van der Waals surface area contributed by atoms with Crippen molar-refractivity contribution < 1.29 is 4.74 Å². The van der Waals surface area contributed by atoms with Crippen LogP contribution in [0.4, 0.5) is 5.69 Å². The molecule has 5 heteroatoms. The second-order valence-corrected chi connectivity index (χ2v) is 4.72. The molecule has 0 aliphatic carbocycles. The van der Waals surface area contributed by atoms with Crippen molar-refractivity contribution in [3.63, 3.8) is 0 Å². The molecule has 4 nitrogen and oxygen atoms in total. The van der Waals surface area contributed by atoms with E-state index in [-0.39, 0.29) is 0 Å². The summed E-state index contributed by atoms with van der Waals surface area (Å²) in [4.78, 5) is 0. The van der Waals surface area contributed by atoms with Gasteiger partial charge in [0.15, 0.2) is 0 Å². The first-order valence-corrected chi connectivity index (χ1v) is 6.18. The Bertz CT molecular complexity index is 752. The first-order valence-electron chi connectivity index (χ1n) is 5.81. The predicted octanol–water partition coefficient (Wildman–Crippen LogP) is 3.90. The number of H-pyrrole nitrogens is 1. The summed E-state index contributed by atoms with van der Waals surface area (Å²) < 4.78 is 5.84. The lowest BCUT2D eigenvalue weighted by Crippen LogP contribution is -1.90. The van der Waals surface area contributed by atoms with Crippen molar-refractivity contribution in [1.82, 2.24) is 10.2 Å². The maximum absolute atomic E-state index is 6.11. The highest BCUT2D eigenvalue weighted by Gasteiger charge is 2.09. The lowest BCUT2D eigenvalue weighted by atomic mass is 10.1. The minimum atomic E-state index is 0.492. The summed E-state index contributed by atoms with van der Waals surface area (Å²) in [5.74, 6) is 1.34. The van der Waals surface area contributed by atoms with E-state index in [0.717, 1.165) is 22.2 Å². The van der Waals surface area contributed by atoms with Gasteiger partial charge in [-0.15, -0.1) is 0 Å². The summed E-state index contributed by atoms with van der Waals surface area (Å²) >= 11 is 6.11. The number of nitrogen functional groups attached to an aromatic ring is 1. The summed E-state index contributed by atoms with van der Waals surface area (Å²) in [5, 5.41) is 8.46. The van der Waals surface area contributed by atoms with Crippen LogP contribution in [0.1, 0.15) is 5.56 Å². The van der Waals surface area contributed by atoms with Gasteiger partial charge in [0.25, 0.3) is 0 Å². The Labute approximate surface area is 115 Å². The normalized spacial score (nSPS) is 10.8. The van der Waals surface area contributed by atoms with E-state index >= 15 is 0 Å². The zero-order valence-corrected chi connectivity index (χ0v) is 11.0. The summed E-state index contributed by atoms with van der Waals surface area (Å²) in [6, 6.07) is 9.00. The van der Waals surface area contributed by atoms with Gasteiger partial charge in [0.2, 0.25) is 0 Å². The molecular formula is C14H12ClN3O. The number of fused-ring (bicyclic) bond motifs is 1. The molecule has 19 heavy (non-hydrogen) atoms. The Morgan fingerprint density at radius 1 is 1.21 bits per heavy atom. The van der Waals surface area contributed by atoms with Crippen LogP contribution >= 0.6 is 11.6 Å². The average Bonchev–Trinajstić information content (AvgIpc) is 2.85. The lowest BCUT2D eigenvalue weighted by molar-refractivity contribution is 0.480. The number of nitrogens with zero attached hydrogens (tertiary/aromatic N) is 1. The predicted molar refractivity (Wildman–Crippen MR) is 76.8 cm³/mol. The molecule has 0 saturated heterocycles. The van der Waals surface area contributed by atoms with Crippen molar-refractivity contribution in [1.29, 1.82) is 0 Å². The van der Waals surface area contributed by atoms with Crippen LogP contribution in [0.5, 0.6) is 11.5 Å². The quantitative estimate of drug-likeness (QED) is 0.696. The van der Waals surface area contributed by atoms with Crippen LogP contribution in [-0.4, -0.2) is 10.2 Å². The smallest absolute Gasteiger partial charge is 0.146 e. The Morgan fingerprint density at radius 2 is 2.00 bits per heavy atom. The van der Waals surface area contributed by atoms with Gasteiger partial charge in [0.1, 0.15) is 11.5 Å². The molecule has 0 aliphatic heterocycles. The second-order valence-electron chi connectivity index (χ2n) is 4.31. The minimum Gasteiger partial charge on any atom is -0.456 e. The van der Waals surface area contributed by atoms with Crippen LogP contribution in [0.25, 0.3) is 10.9 Å². The van der Waals surface area contributed by atoms with Crippen LogP contribution in [0.3, 0.4) is 0 Å². The fourth-order valence-corrected chi connectivity index (χ4v) is 2.20. The molecule has 3 rings (SSSR count). The number of aromatic nitrogens is 2. The minimum absolute atomic E-state index is 0.492. The second kappa shape index (κ2) is 4.48. The first kappa shape index (κ1) is 11.9. The average molecular weight is 274 g/mol. The highest BCUT2D eigenvalue weighted by molar-refractivity contribution is 6.32. The van der Waals surface area contributed by atoms with E-state index in [1.807, 2.05) is 19.1 Å². The van der Waals surface area contributed by atoms with Gasteiger partial charge in [-0.25, -0.2) is 0 Å². The van der Waals surface area contributed by atoms with Crippen molar-refractivity contribution in [3.05, 3.63) is 47.1 Å². The number of halogens is 1. The van der Waals surface area contributed by atoms with Crippen molar-refractivity contribution in [2.24, 2.45) is 0 Å². The van der Waals surface area contributed by atoms with Gasteiger partial charge in [0, 0.05) is 16.6 Å². The van der Waals surface area contributed by atoms with E-state index in [1.165, 1.54) is 0 Å². The van der Waals surface area contributed by atoms with E-state index in [9.17, 15) is 0 Å². The van der Waals surface area contributed by atoms with Gasteiger partial charge in [0.05, 0.1) is 16.7 Å². The number of aryl methyl sites for hydroxylation is 1. The van der Waals surface area contributed by atoms with E-state index in [2.05, 4.69) is 10.2 Å². The Kier molecular flexibility index (Phi) is 2.80. The first-order chi connectivity index (χ1) is 9.15. The summed E-state index contributed by atoms with van der Waals surface area (Å²) in [7, 11) is 0. The molecule has 0 unspecified atom stereocenters. The highest BCUT2D eigenvalue weighted by atomic mass is 35.5. The Hall–Kier alpha value is -2.20. The molecule has 0 saturated carbocycles. The van der Waals surface area contributed by atoms with Crippen LogP contribution in [0, 0.1) is 6.92 Å². The summed E-state index contributed by atoms with van der Waals surface area (Å²) in [5.41, 5.74) is 8.26. The van der Waals surface area contributed by atoms with Gasteiger partial charge in [-0.3, -0.25) is 5.10 Å². The third-order valence-electron chi connectivity index (χ3n) is 3.02. The number of anilines is 1. The third kappa shape index (κ3) is 2.11. The lowest BCUT2D eigenvalue weighted by Gasteiger charge is -2.11. The van der Waals surface area contributed by atoms with Crippen LogP contribution in [0.15, 0.2) is 36.5 Å². The van der Waals surface area contributed by atoms with E-state index in [0.29, 0.717) is 16.5 Å². The largest absolute Gasteiger partial charge is 0.456 e. The highest BCUT2D eigenvalue weighted by Crippen LogP contribution is 2.34. The van der Waals surface area contributed by atoms with Gasteiger partial charge in [-0.1, -0.05) is 11.6 Å². The molecule has 0 aliphatic rings. The molecule has 96 valence electrons. The van der Waals surface area contributed by atoms with E-state index in [1.54, 1.807) is 24.4 Å². The number of rotatable bonds is 2. The van der Waals surface area contributed by atoms with E-state index in [4.69, 9.17) is 22.1 Å². The van der Waals surface area contributed by atoms with Crippen molar-refractivity contribution >= 4 is 28.2 Å². The van der Waals surface area contributed by atoms with Crippen LogP contribution in [-0.2, 0) is 0 Å². The standard InChI is InChI=1S/C14H12ClN3O/c1-8-10-7-17-18-12(10)3-5-13(8)19-14-4-2-9(16)6-11(14)15/h2-7H,16H2,1H3,(H,17,18). The number of hydrogen-bond acceptors (Lipinski definition) is 3. The Morgan fingerprint density at radius 3 is 2.79 bits per heavy atom. The molecule has 0 fully saturated rings. The maximum atomic E-state index is 6.11. The number of hydrogen-bond donors (Lipinski definition) is 2. The number of aromatic amines is 1. The third-order valence-corrected chi connectivity index (χ3v) is 3.32. The van der Waals surface area contributed by atoms with Crippen LogP contribution < -0.4 is 10.5 Å². The SMILES string of the molecule is Cc1c(Oc2ccc(N)cc2Cl)ccc2[nH]ncc12. The molecule has 3 aromatic rings. The molecule has 0 spiro atoms. The maximum Gasteiger partial charge on any atom is 0.146 e. The molecule has 0 atom stereocenters. The summed E-state index contributed by atoms with van der Waals surface area (Å²) in [6.07, 6.45) is 1.78. The zero-order valence-electron chi connectivity index (χ0n) is 10.3.